The van der Waals surface area contributed by atoms with Crippen molar-refractivity contribution >= 4 is 0 Å². The molecule has 212 valence electrons. The van der Waals surface area contributed by atoms with Gasteiger partial charge in [-0.15, -0.1) is 0 Å². The zero-order valence-electron chi connectivity index (χ0n) is 22.1. The maximum atomic E-state index is 13.1. The Kier molecular flexibility index (Phi) is 10.6. The van der Waals surface area contributed by atoms with Gasteiger partial charge in [0.15, 0.2) is 0 Å². The monoisotopic (exact) mass is 552 g/mol. The number of nitrogens with zero attached hydrogens (tertiary/aromatic N) is 2. The van der Waals surface area contributed by atoms with Crippen molar-refractivity contribution in [3.63, 3.8) is 0 Å². The molecule has 0 saturated heterocycles. The SMILES string of the molecule is CCCCN(CCCC)CC[C@@H](O)c1cc(-c2ccc(C(F)(F)F)cc2)nc(-c2ccc(C(F)(F)F)cc2)c1. The van der Waals surface area contributed by atoms with Crippen LogP contribution in [0.25, 0.3) is 22.5 Å². The van der Waals surface area contributed by atoms with E-state index in [-0.39, 0.29) is 0 Å². The average Bonchev–Trinajstić information content (AvgIpc) is 2.91. The van der Waals surface area contributed by atoms with E-state index in [0.717, 1.165) is 63.0 Å². The number of hydrogen-bond acceptors (Lipinski definition) is 3. The molecule has 0 aliphatic carbocycles. The molecule has 0 unspecified atom stereocenters. The van der Waals surface area contributed by atoms with Crippen LogP contribution in [-0.2, 0) is 12.4 Å². The normalized spacial score (nSPS) is 13.2. The van der Waals surface area contributed by atoms with Gasteiger partial charge in [0.2, 0.25) is 0 Å². The van der Waals surface area contributed by atoms with Crippen LogP contribution in [-0.4, -0.2) is 34.6 Å². The molecule has 1 heterocycles. The van der Waals surface area contributed by atoms with Crippen LogP contribution in [0.5, 0.6) is 0 Å². The molecule has 1 aromatic heterocycles. The van der Waals surface area contributed by atoms with Crippen LogP contribution < -0.4 is 0 Å². The fourth-order valence-electron chi connectivity index (χ4n) is 4.27. The van der Waals surface area contributed by atoms with Gasteiger partial charge in [0.05, 0.1) is 28.6 Å². The molecule has 0 amide bonds. The third kappa shape index (κ3) is 8.80. The van der Waals surface area contributed by atoms with Crippen molar-refractivity contribution in [2.45, 2.75) is 64.4 Å². The Morgan fingerprint density at radius 3 is 1.46 bits per heavy atom. The van der Waals surface area contributed by atoms with Gasteiger partial charge in [0, 0.05) is 17.7 Å². The summed E-state index contributed by atoms with van der Waals surface area (Å²) in [7, 11) is 0. The second-order valence-electron chi connectivity index (χ2n) is 9.67. The first-order chi connectivity index (χ1) is 18.4. The summed E-state index contributed by atoms with van der Waals surface area (Å²) in [6.07, 6.45) is -5.23. The van der Waals surface area contributed by atoms with Crippen LogP contribution in [0.4, 0.5) is 26.3 Å². The van der Waals surface area contributed by atoms with Crippen LogP contribution in [0, 0.1) is 0 Å². The average molecular weight is 553 g/mol. The Morgan fingerprint density at radius 1 is 0.692 bits per heavy atom. The minimum absolute atomic E-state index is 0.323. The second-order valence-corrected chi connectivity index (χ2v) is 9.67. The summed E-state index contributed by atoms with van der Waals surface area (Å²) >= 11 is 0. The summed E-state index contributed by atoms with van der Waals surface area (Å²) in [6, 6.07) is 12.3. The number of halogens is 6. The van der Waals surface area contributed by atoms with Gasteiger partial charge < -0.3 is 10.0 Å². The maximum absolute atomic E-state index is 13.1. The molecule has 3 rings (SSSR count). The Labute approximate surface area is 225 Å². The molecule has 39 heavy (non-hydrogen) atoms. The number of pyridine rings is 1. The number of benzene rings is 2. The number of rotatable bonds is 12. The highest BCUT2D eigenvalue weighted by molar-refractivity contribution is 5.68. The molecular weight excluding hydrogens is 518 g/mol. The summed E-state index contributed by atoms with van der Waals surface area (Å²) < 4.78 is 78.4. The highest BCUT2D eigenvalue weighted by Gasteiger charge is 2.31. The molecule has 3 nitrogen and oxygen atoms in total. The van der Waals surface area contributed by atoms with Crippen LogP contribution >= 0.6 is 0 Å². The fraction of sp³-hybridized carbons (Fsp3) is 0.433. The van der Waals surface area contributed by atoms with Gasteiger partial charge in [0.25, 0.3) is 0 Å². The predicted octanol–water partition coefficient (Wildman–Crippen LogP) is 8.78. The molecule has 1 atom stereocenters. The lowest BCUT2D eigenvalue weighted by Crippen LogP contribution is -2.28. The quantitative estimate of drug-likeness (QED) is 0.228. The van der Waals surface area contributed by atoms with E-state index in [4.69, 9.17) is 0 Å². The second kappa shape index (κ2) is 13.4. The number of unbranched alkanes of at least 4 members (excludes halogenated alkanes) is 2. The molecule has 0 aliphatic rings. The first-order valence-corrected chi connectivity index (χ1v) is 13.2. The number of aromatic nitrogens is 1. The minimum Gasteiger partial charge on any atom is -0.388 e. The lowest BCUT2D eigenvalue weighted by atomic mass is 9.99. The summed E-state index contributed by atoms with van der Waals surface area (Å²) in [6.45, 7) is 6.75. The van der Waals surface area contributed by atoms with Gasteiger partial charge in [-0.05, 0) is 74.3 Å². The molecule has 1 N–H and O–H groups in total. The lowest BCUT2D eigenvalue weighted by Gasteiger charge is -2.24. The van der Waals surface area contributed by atoms with Gasteiger partial charge in [-0.1, -0.05) is 51.0 Å². The van der Waals surface area contributed by atoms with E-state index >= 15 is 0 Å². The van der Waals surface area contributed by atoms with Crippen LogP contribution in [0.15, 0.2) is 60.7 Å². The van der Waals surface area contributed by atoms with Crippen LogP contribution in [0.2, 0.25) is 0 Å². The predicted molar refractivity (Wildman–Crippen MR) is 141 cm³/mol. The number of hydrogen-bond donors (Lipinski definition) is 1. The first-order valence-electron chi connectivity index (χ1n) is 13.2. The molecule has 0 aliphatic heterocycles. The highest BCUT2D eigenvalue weighted by Crippen LogP contribution is 2.34. The molecule has 0 fully saturated rings. The minimum atomic E-state index is -4.49. The van der Waals surface area contributed by atoms with Crippen molar-refractivity contribution < 1.29 is 31.4 Å². The van der Waals surface area contributed by atoms with Crippen molar-refractivity contribution in [2.24, 2.45) is 0 Å². The fourth-order valence-corrected chi connectivity index (χ4v) is 4.27. The molecule has 2 aromatic carbocycles. The molecular formula is C30H34F6N2O. The van der Waals surface area contributed by atoms with Crippen molar-refractivity contribution in [1.29, 1.82) is 0 Å². The van der Waals surface area contributed by atoms with E-state index in [1.165, 1.54) is 24.3 Å². The molecule has 0 spiro atoms. The molecule has 0 saturated carbocycles. The highest BCUT2D eigenvalue weighted by atomic mass is 19.4. The summed E-state index contributed by atoms with van der Waals surface area (Å²) in [5.74, 6) is 0. The van der Waals surface area contributed by atoms with Crippen molar-refractivity contribution in [2.75, 3.05) is 19.6 Å². The van der Waals surface area contributed by atoms with Gasteiger partial charge in [-0.25, -0.2) is 4.98 Å². The maximum Gasteiger partial charge on any atom is 0.416 e. The molecule has 9 heteroatoms. The van der Waals surface area contributed by atoms with E-state index in [2.05, 4.69) is 23.7 Å². The van der Waals surface area contributed by atoms with E-state index in [1.807, 2.05) is 0 Å². The number of aliphatic hydroxyl groups is 1. The Bertz CT molecular complexity index is 1090. The van der Waals surface area contributed by atoms with Crippen LogP contribution in [0.1, 0.15) is 68.7 Å². The standard InChI is InChI=1S/C30H34F6N2O/c1-3-5-16-38(17-6-4-2)18-15-28(39)23-19-26(21-7-11-24(12-8-21)29(31,32)33)37-27(20-23)22-9-13-25(14-10-22)30(34,35)36/h7-14,19-20,28,39H,3-6,15-18H2,1-2H3/t28-/m1/s1. The van der Waals surface area contributed by atoms with Gasteiger partial charge in [-0.3, -0.25) is 0 Å². The van der Waals surface area contributed by atoms with Crippen molar-refractivity contribution in [3.8, 4) is 22.5 Å². The van der Waals surface area contributed by atoms with Crippen LogP contribution in [0.3, 0.4) is 0 Å². The topological polar surface area (TPSA) is 36.4 Å². The van der Waals surface area contributed by atoms with Gasteiger partial charge in [0.1, 0.15) is 0 Å². The largest absolute Gasteiger partial charge is 0.416 e. The van der Waals surface area contributed by atoms with Crippen molar-refractivity contribution in [1.82, 2.24) is 9.88 Å². The van der Waals surface area contributed by atoms with Gasteiger partial charge >= 0.3 is 12.4 Å². The number of aliphatic hydroxyl groups excluding tert-OH is 1. The van der Waals surface area contributed by atoms with E-state index in [9.17, 15) is 31.4 Å². The summed E-state index contributed by atoms with van der Waals surface area (Å²) in [4.78, 5) is 6.84. The molecule has 3 aromatic rings. The summed E-state index contributed by atoms with van der Waals surface area (Å²) in [5.41, 5.74) is 0.346. The molecule has 0 bridgehead atoms. The Morgan fingerprint density at radius 2 is 1.10 bits per heavy atom. The van der Waals surface area contributed by atoms with Crippen molar-refractivity contribution in [3.05, 3.63) is 77.4 Å². The zero-order chi connectivity index (χ0) is 28.6. The molecule has 0 radical (unpaired) electrons. The third-order valence-electron chi connectivity index (χ3n) is 6.62. The van der Waals surface area contributed by atoms with Gasteiger partial charge in [-0.2, -0.15) is 26.3 Å². The van der Waals surface area contributed by atoms with E-state index in [0.29, 0.717) is 41.0 Å². The van der Waals surface area contributed by atoms with E-state index < -0.39 is 29.6 Å². The number of alkyl halides is 6. The zero-order valence-corrected chi connectivity index (χ0v) is 22.1. The Hall–Kier alpha value is -2.91. The Balaban J connectivity index is 1.95. The third-order valence-corrected chi connectivity index (χ3v) is 6.62. The summed E-state index contributed by atoms with van der Waals surface area (Å²) in [5, 5.41) is 11.1. The smallest absolute Gasteiger partial charge is 0.388 e. The first kappa shape index (κ1) is 30.6. The van der Waals surface area contributed by atoms with E-state index in [1.54, 1.807) is 12.1 Å². The lowest BCUT2D eigenvalue weighted by molar-refractivity contribution is -0.138.